The fourth-order valence-electron chi connectivity index (χ4n) is 3.93. The molecule has 2 N–H and O–H groups in total. The molecule has 2 heterocycles. The molecule has 7 heteroatoms. The van der Waals surface area contributed by atoms with Crippen molar-refractivity contribution < 1.29 is 4.52 Å². The van der Waals surface area contributed by atoms with E-state index in [1.165, 1.54) is 24.1 Å². The zero-order valence-corrected chi connectivity index (χ0v) is 21.0. The van der Waals surface area contributed by atoms with Gasteiger partial charge in [0.15, 0.2) is 11.7 Å². The van der Waals surface area contributed by atoms with E-state index in [-0.39, 0.29) is 30.0 Å². The average Bonchev–Trinajstić information content (AvgIpc) is 3.44. The van der Waals surface area contributed by atoms with Crippen LogP contribution in [0, 0.1) is 0 Å². The lowest BCUT2D eigenvalue weighted by Crippen LogP contribution is -2.38. The quantitative estimate of drug-likeness (QED) is 0.281. The van der Waals surface area contributed by atoms with E-state index in [0.29, 0.717) is 12.5 Å². The van der Waals surface area contributed by atoms with Gasteiger partial charge in [-0.1, -0.05) is 31.1 Å². The zero-order chi connectivity index (χ0) is 20.6. The molecule has 1 aliphatic heterocycles. The third-order valence-electron chi connectivity index (χ3n) is 5.83. The number of nitrogens with zero attached hydrogens (tertiary/aromatic N) is 3. The summed E-state index contributed by atoms with van der Waals surface area (Å²) in [4.78, 5) is 6.83. The van der Waals surface area contributed by atoms with Gasteiger partial charge >= 0.3 is 0 Å². The molecule has 1 unspecified atom stereocenters. The van der Waals surface area contributed by atoms with Crippen molar-refractivity contribution in [1.29, 1.82) is 0 Å². The Morgan fingerprint density at radius 3 is 2.60 bits per heavy atom. The Morgan fingerprint density at radius 1 is 1.20 bits per heavy atom. The van der Waals surface area contributed by atoms with Crippen LogP contribution in [0.15, 0.2) is 39.8 Å². The molecule has 1 aromatic carbocycles. The molecule has 0 amide bonds. The van der Waals surface area contributed by atoms with Gasteiger partial charge in [0.25, 0.3) is 0 Å². The van der Waals surface area contributed by atoms with Gasteiger partial charge in [-0.2, -0.15) is 0 Å². The van der Waals surface area contributed by atoms with Crippen LogP contribution in [0.5, 0.6) is 0 Å². The van der Waals surface area contributed by atoms with Crippen molar-refractivity contribution in [3.63, 3.8) is 0 Å². The lowest BCUT2D eigenvalue weighted by Gasteiger charge is -2.22. The number of nitrogens with one attached hydrogen (secondary N) is 2. The van der Waals surface area contributed by atoms with Crippen LogP contribution < -0.4 is 15.5 Å². The summed E-state index contributed by atoms with van der Waals surface area (Å²) in [5, 5.41) is 11.1. The topological polar surface area (TPSA) is 65.7 Å². The summed E-state index contributed by atoms with van der Waals surface area (Å²) < 4.78 is 5.51. The monoisotopic (exact) mass is 525 g/mol. The number of aliphatic imine (C=N–C) groups is 1. The third-order valence-corrected chi connectivity index (χ3v) is 5.83. The minimum Gasteiger partial charge on any atom is -0.372 e. The summed E-state index contributed by atoms with van der Waals surface area (Å²) in [7, 11) is 1.79. The normalized spacial score (nSPS) is 15.2. The van der Waals surface area contributed by atoms with E-state index < -0.39 is 0 Å². The maximum absolute atomic E-state index is 5.51. The fourth-order valence-corrected chi connectivity index (χ4v) is 3.93. The summed E-state index contributed by atoms with van der Waals surface area (Å²) in [6.07, 6.45) is 4.73. The van der Waals surface area contributed by atoms with Crippen LogP contribution in [-0.2, 0) is 6.54 Å². The highest BCUT2D eigenvalue weighted by Gasteiger charge is 2.16. The van der Waals surface area contributed by atoms with Crippen molar-refractivity contribution in [3.8, 4) is 0 Å². The number of rotatable bonds is 8. The highest BCUT2D eigenvalue weighted by atomic mass is 127. The van der Waals surface area contributed by atoms with Gasteiger partial charge in [0.2, 0.25) is 0 Å². The smallest absolute Gasteiger partial charge is 0.191 e. The Hall–Kier alpha value is -1.77. The Bertz CT molecular complexity index is 796. The number of halogens is 1. The van der Waals surface area contributed by atoms with Crippen molar-refractivity contribution in [2.24, 2.45) is 4.99 Å². The van der Waals surface area contributed by atoms with Crippen LogP contribution in [0.3, 0.4) is 0 Å². The van der Waals surface area contributed by atoms with E-state index in [1.54, 1.807) is 7.05 Å². The molecule has 3 rings (SSSR count). The van der Waals surface area contributed by atoms with E-state index in [1.807, 2.05) is 0 Å². The molecule has 6 nitrogen and oxygen atoms in total. The van der Waals surface area contributed by atoms with E-state index in [0.717, 1.165) is 43.3 Å². The van der Waals surface area contributed by atoms with E-state index in [4.69, 9.17) is 4.52 Å². The Balaban J connectivity index is 0.00000320. The molecule has 1 saturated heterocycles. The Morgan fingerprint density at radius 2 is 1.93 bits per heavy atom. The zero-order valence-electron chi connectivity index (χ0n) is 18.6. The second-order valence-corrected chi connectivity index (χ2v) is 7.81. The molecule has 0 bridgehead atoms. The average molecular weight is 525 g/mol. The summed E-state index contributed by atoms with van der Waals surface area (Å²) in [6.45, 7) is 9.41. The summed E-state index contributed by atoms with van der Waals surface area (Å²) in [5.74, 6) is 2.05. The predicted molar refractivity (Wildman–Crippen MR) is 135 cm³/mol. The van der Waals surface area contributed by atoms with Gasteiger partial charge in [0.05, 0.1) is 18.3 Å². The Kier molecular flexibility index (Phi) is 9.94. The number of anilines is 1. The maximum atomic E-state index is 5.51. The van der Waals surface area contributed by atoms with Crippen LogP contribution in [0.4, 0.5) is 5.69 Å². The van der Waals surface area contributed by atoms with Crippen LogP contribution in [-0.4, -0.2) is 31.3 Å². The molecule has 2 aromatic rings. The second-order valence-electron chi connectivity index (χ2n) is 7.81. The van der Waals surface area contributed by atoms with Crippen LogP contribution in [0.1, 0.15) is 75.4 Å². The van der Waals surface area contributed by atoms with Crippen molar-refractivity contribution in [3.05, 3.63) is 47.3 Å². The maximum Gasteiger partial charge on any atom is 0.191 e. The Labute approximate surface area is 197 Å². The van der Waals surface area contributed by atoms with Crippen molar-refractivity contribution in [2.45, 2.75) is 65.0 Å². The molecule has 166 valence electrons. The van der Waals surface area contributed by atoms with Crippen molar-refractivity contribution >= 4 is 35.6 Å². The molecule has 1 aromatic heterocycles. The molecule has 0 spiro atoms. The number of hydrogen-bond acceptors (Lipinski definition) is 4. The molecule has 0 saturated carbocycles. The first-order chi connectivity index (χ1) is 14.1. The van der Waals surface area contributed by atoms with Gasteiger partial charge < -0.3 is 20.1 Å². The second kappa shape index (κ2) is 12.2. The van der Waals surface area contributed by atoms with Gasteiger partial charge in [-0.05, 0) is 50.3 Å². The van der Waals surface area contributed by atoms with Gasteiger partial charge in [-0.3, -0.25) is 4.99 Å². The number of hydrogen-bond donors (Lipinski definition) is 2. The molecule has 1 atom stereocenters. The third kappa shape index (κ3) is 6.36. The van der Waals surface area contributed by atoms with Gasteiger partial charge in [-0.25, -0.2) is 0 Å². The minimum atomic E-state index is 0. The summed E-state index contributed by atoms with van der Waals surface area (Å²) in [5.41, 5.74) is 3.61. The molecule has 0 radical (unpaired) electrons. The van der Waals surface area contributed by atoms with Crippen LogP contribution in [0.25, 0.3) is 0 Å². The number of guanidine groups is 1. The standard InChI is InChI=1S/C23H35N5O.HI/c1-5-18(6-2)22-15-21(29-27-22)16-25-23(24-4)26-17(3)19-10-9-11-20(14-19)28-12-7-8-13-28;/h9-11,14-15,17-18H,5-8,12-13,16H2,1-4H3,(H2,24,25,26);1H. The summed E-state index contributed by atoms with van der Waals surface area (Å²) in [6, 6.07) is 11.0. The first kappa shape index (κ1) is 24.5. The molecular formula is C23H36IN5O. The van der Waals surface area contributed by atoms with E-state index in [9.17, 15) is 0 Å². The van der Waals surface area contributed by atoms with Crippen molar-refractivity contribution in [1.82, 2.24) is 15.8 Å². The lowest BCUT2D eigenvalue weighted by molar-refractivity contribution is 0.368. The molecule has 1 aliphatic rings. The van der Waals surface area contributed by atoms with Gasteiger partial charge in [-0.15, -0.1) is 24.0 Å². The van der Waals surface area contributed by atoms with E-state index >= 15 is 0 Å². The molecule has 30 heavy (non-hydrogen) atoms. The highest BCUT2D eigenvalue weighted by molar-refractivity contribution is 14.0. The fraction of sp³-hybridized carbons (Fsp3) is 0.565. The highest BCUT2D eigenvalue weighted by Crippen LogP contribution is 2.24. The van der Waals surface area contributed by atoms with Crippen LogP contribution in [0.2, 0.25) is 0 Å². The van der Waals surface area contributed by atoms with Crippen LogP contribution >= 0.6 is 24.0 Å². The van der Waals surface area contributed by atoms with Gasteiger partial charge in [0, 0.05) is 37.8 Å². The largest absolute Gasteiger partial charge is 0.372 e. The number of benzene rings is 1. The summed E-state index contributed by atoms with van der Waals surface area (Å²) >= 11 is 0. The number of aromatic nitrogens is 1. The molecule has 0 aliphatic carbocycles. The van der Waals surface area contributed by atoms with Crippen molar-refractivity contribution in [2.75, 3.05) is 25.0 Å². The lowest BCUT2D eigenvalue weighted by atomic mass is 9.99. The van der Waals surface area contributed by atoms with Gasteiger partial charge in [0.1, 0.15) is 0 Å². The molecular weight excluding hydrogens is 489 g/mol. The minimum absolute atomic E-state index is 0. The molecule has 1 fully saturated rings. The SMILES string of the molecule is CCC(CC)c1cc(CNC(=NC)NC(C)c2cccc(N3CCCC3)c2)on1.I. The first-order valence-electron chi connectivity index (χ1n) is 10.9. The van der Waals surface area contributed by atoms with E-state index in [2.05, 4.69) is 76.8 Å². The predicted octanol–water partition coefficient (Wildman–Crippen LogP) is 5.22. The first-order valence-corrected chi connectivity index (χ1v) is 10.9.